The summed E-state index contributed by atoms with van der Waals surface area (Å²) in [6.07, 6.45) is 3.78. The van der Waals surface area contributed by atoms with E-state index in [1.165, 1.54) is 19.1 Å². The van der Waals surface area contributed by atoms with Gasteiger partial charge in [0.15, 0.2) is 0 Å². The van der Waals surface area contributed by atoms with Crippen molar-refractivity contribution >= 4 is 28.2 Å². The number of carbonyl (C=O) groups excluding carboxylic acids is 1. The average Bonchev–Trinajstić information content (AvgIpc) is 2.61. The van der Waals surface area contributed by atoms with Gasteiger partial charge in [-0.05, 0) is 57.7 Å². The fourth-order valence-corrected chi connectivity index (χ4v) is 4.14. The maximum absolute atomic E-state index is 13.9. The van der Waals surface area contributed by atoms with Gasteiger partial charge in [0, 0.05) is 24.0 Å². The minimum Gasteiger partial charge on any atom is -0.380 e. The summed E-state index contributed by atoms with van der Waals surface area (Å²) in [5.41, 5.74) is 0.516. The molecule has 1 unspecified atom stereocenters. The lowest BCUT2D eigenvalue weighted by molar-refractivity contribution is -0.127. The van der Waals surface area contributed by atoms with E-state index in [9.17, 15) is 13.6 Å². The van der Waals surface area contributed by atoms with Gasteiger partial charge in [0.1, 0.15) is 11.5 Å². The summed E-state index contributed by atoms with van der Waals surface area (Å²) < 4.78 is 33.3. The van der Waals surface area contributed by atoms with Crippen LogP contribution in [0.25, 0.3) is 10.9 Å². The number of nitrogens with zero attached hydrogens (tertiary/aromatic N) is 1. The normalized spacial score (nSPS) is 29.9. The van der Waals surface area contributed by atoms with Crippen LogP contribution < -0.4 is 10.6 Å². The van der Waals surface area contributed by atoms with Crippen LogP contribution in [0, 0.1) is 11.7 Å². The Morgan fingerprint density at radius 1 is 1.36 bits per heavy atom. The number of hydrogen-bond acceptors (Lipinski definition) is 4. The number of fused-ring (bicyclic) bond motifs is 1. The SMILES string of the molecule is C[C@@H]1CC(Nc2c(NC(=O)C3CC(C)(F)C3)cnc3ccc(F)cc23)CCO1. The zero-order valence-electron chi connectivity index (χ0n) is 16.1. The summed E-state index contributed by atoms with van der Waals surface area (Å²) in [6, 6.07) is 4.55. The molecule has 2 atom stereocenters. The fourth-order valence-electron chi connectivity index (χ4n) is 4.14. The predicted octanol–water partition coefficient (Wildman–Crippen LogP) is 4.43. The number of aromatic nitrogens is 1. The van der Waals surface area contributed by atoms with Crippen LogP contribution >= 0.6 is 0 Å². The number of nitrogens with one attached hydrogen (secondary N) is 2. The number of benzene rings is 1. The molecule has 4 rings (SSSR count). The maximum atomic E-state index is 13.9. The van der Waals surface area contributed by atoms with Crippen molar-refractivity contribution in [1.29, 1.82) is 0 Å². The molecular weight excluding hydrogens is 364 g/mol. The first-order chi connectivity index (χ1) is 13.3. The number of halogens is 2. The molecule has 0 bridgehead atoms. The van der Waals surface area contributed by atoms with Crippen LogP contribution in [-0.4, -0.2) is 35.3 Å². The zero-order chi connectivity index (χ0) is 19.9. The van der Waals surface area contributed by atoms with Crippen LogP contribution in [0.4, 0.5) is 20.2 Å². The van der Waals surface area contributed by atoms with Crippen LogP contribution in [0.15, 0.2) is 24.4 Å². The van der Waals surface area contributed by atoms with E-state index in [2.05, 4.69) is 15.6 Å². The van der Waals surface area contributed by atoms with Gasteiger partial charge in [-0.1, -0.05) is 0 Å². The van der Waals surface area contributed by atoms with Crippen molar-refractivity contribution in [2.24, 2.45) is 5.92 Å². The van der Waals surface area contributed by atoms with E-state index in [-0.39, 0.29) is 42.6 Å². The molecule has 1 aliphatic heterocycles. The Bertz CT molecular complexity index is 895. The van der Waals surface area contributed by atoms with Gasteiger partial charge in [-0.3, -0.25) is 9.78 Å². The highest BCUT2D eigenvalue weighted by Gasteiger charge is 2.44. The standard InChI is InChI=1S/C21H25F2N3O2/c1-12-7-15(5-6-28-12)25-19-16-8-14(22)3-4-17(16)24-11-18(19)26-20(27)13-9-21(2,23)10-13/h3-4,8,11-13,15H,5-7,9-10H2,1-2H3,(H,24,25)(H,26,27)/t12-,13?,15?,21?/m1/s1. The molecule has 1 aromatic carbocycles. The van der Waals surface area contributed by atoms with Gasteiger partial charge in [0.25, 0.3) is 0 Å². The number of anilines is 2. The maximum Gasteiger partial charge on any atom is 0.227 e. The Morgan fingerprint density at radius 3 is 2.86 bits per heavy atom. The molecular formula is C21H25F2N3O2. The van der Waals surface area contributed by atoms with E-state index in [1.807, 2.05) is 6.92 Å². The molecule has 1 amide bonds. The molecule has 2 fully saturated rings. The number of ether oxygens (including phenoxy) is 1. The Morgan fingerprint density at radius 2 is 2.14 bits per heavy atom. The quantitative estimate of drug-likeness (QED) is 0.812. The van der Waals surface area contributed by atoms with E-state index < -0.39 is 5.67 Å². The summed E-state index contributed by atoms with van der Waals surface area (Å²) in [6.45, 7) is 4.18. The largest absolute Gasteiger partial charge is 0.380 e. The lowest BCUT2D eigenvalue weighted by Gasteiger charge is -2.37. The third-order valence-corrected chi connectivity index (χ3v) is 5.64. The van der Waals surface area contributed by atoms with Crippen LogP contribution in [0.1, 0.15) is 39.5 Å². The van der Waals surface area contributed by atoms with Gasteiger partial charge < -0.3 is 15.4 Å². The van der Waals surface area contributed by atoms with Gasteiger partial charge in [0.2, 0.25) is 5.91 Å². The molecule has 2 aliphatic rings. The van der Waals surface area contributed by atoms with Gasteiger partial charge in [-0.15, -0.1) is 0 Å². The first-order valence-corrected chi connectivity index (χ1v) is 9.77. The minimum atomic E-state index is -1.27. The van der Waals surface area contributed by atoms with Gasteiger partial charge in [0.05, 0.1) is 29.2 Å². The molecule has 7 heteroatoms. The van der Waals surface area contributed by atoms with Crippen molar-refractivity contribution < 1.29 is 18.3 Å². The monoisotopic (exact) mass is 389 g/mol. The Balaban J connectivity index is 1.64. The van der Waals surface area contributed by atoms with Crippen LogP contribution in [-0.2, 0) is 9.53 Å². The second-order valence-corrected chi connectivity index (χ2v) is 8.26. The molecule has 150 valence electrons. The lowest BCUT2D eigenvalue weighted by atomic mass is 9.73. The van der Waals surface area contributed by atoms with Crippen LogP contribution in [0.2, 0.25) is 0 Å². The van der Waals surface area contributed by atoms with Gasteiger partial charge in [-0.2, -0.15) is 0 Å². The van der Waals surface area contributed by atoms with E-state index in [1.54, 1.807) is 12.3 Å². The third-order valence-electron chi connectivity index (χ3n) is 5.64. The summed E-state index contributed by atoms with van der Waals surface area (Å²) in [5, 5.41) is 6.96. The van der Waals surface area contributed by atoms with Crippen molar-refractivity contribution in [3.8, 4) is 0 Å². The Labute approximate surface area is 162 Å². The van der Waals surface area contributed by atoms with E-state index in [0.717, 1.165) is 12.8 Å². The molecule has 2 N–H and O–H groups in total. The highest BCUT2D eigenvalue weighted by Crippen LogP contribution is 2.42. The molecule has 2 heterocycles. The minimum absolute atomic E-state index is 0.131. The number of carbonyl (C=O) groups is 1. The Hall–Kier alpha value is -2.28. The molecule has 1 aromatic heterocycles. The second kappa shape index (κ2) is 7.28. The number of rotatable bonds is 4. The number of hydrogen-bond donors (Lipinski definition) is 2. The first kappa shape index (κ1) is 19.1. The molecule has 5 nitrogen and oxygen atoms in total. The topological polar surface area (TPSA) is 63.2 Å². The third kappa shape index (κ3) is 3.94. The van der Waals surface area contributed by atoms with Crippen LogP contribution in [0.5, 0.6) is 0 Å². The Kier molecular flexibility index (Phi) is 4.95. The molecule has 2 aromatic rings. The van der Waals surface area contributed by atoms with Crippen molar-refractivity contribution in [2.75, 3.05) is 17.2 Å². The molecule has 0 radical (unpaired) electrons. The average molecular weight is 389 g/mol. The van der Waals surface area contributed by atoms with E-state index in [4.69, 9.17) is 4.74 Å². The van der Waals surface area contributed by atoms with Crippen molar-refractivity contribution in [3.63, 3.8) is 0 Å². The molecule has 0 spiro atoms. The van der Waals surface area contributed by atoms with Gasteiger partial charge in [-0.25, -0.2) is 8.78 Å². The number of pyridine rings is 1. The van der Waals surface area contributed by atoms with E-state index in [0.29, 0.717) is 28.9 Å². The first-order valence-electron chi connectivity index (χ1n) is 9.77. The number of alkyl halides is 1. The van der Waals surface area contributed by atoms with Crippen molar-refractivity contribution in [2.45, 2.75) is 57.3 Å². The van der Waals surface area contributed by atoms with Crippen molar-refractivity contribution in [1.82, 2.24) is 4.98 Å². The highest BCUT2D eigenvalue weighted by atomic mass is 19.1. The van der Waals surface area contributed by atoms with Crippen molar-refractivity contribution in [3.05, 3.63) is 30.2 Å². The summed E-state index contributed by atoms with van der Waals surface area (Å²) in [4.78, 5) is 16.9. The predicted molar refractivity (Wildman–Crippen MR) is 105 cm³/mol. The zero-order valence-corrected chi connectivity index (χ0v) is 16.1. The molecule has 28 heavy (non-hydrogen) atoms. The molecule has 1 saturated heterocycles. The van der Waals surface area contributed by atoms with Gasteiger partial charge >= 0.3 is 0 Å². The molecule has 1 saturated carbocycles. The summed E-state index contributed by atoms with van der Waals surface area (Å²) >= 11 is 0. The lowest BCUT2D eigenvalue weighted by Crippen LogP contribution is -2.43. The molecule has 1 aliphatic carbocycles. The summed E-state index contributed by atoms with van der Waals surface area (Å²) in [7, 11) is 0. The number of amides is 1. The smallest absolute Gasteiger partial charge is 0.227 e. The second-order valence-electron chi connectivity index (χ2n) is 8.26. The fraction of sp³-hybridized carbons (Fsp3) is 0.524. The highest BCUT2D eigenvalue weighted by molar-refractivity contribution is 6.03. The van der Waals surface area contributed by atoms with E-state index >= 15 is 0 Å². The van der Waals surface area contributed by atoms with Crippen LogP contribution in [0.3, 0.4) is 0 Å². The summed E-state index contributed by atoms with van der Waals surface area (Å²) in [5.74, 6) is -0.946.